The average molecular weight is 681 g/mol. The number of carbonyl (C=O) groups is 3. The van der Waals surface area contributed by atoms with Crippen molar-refractivity contribution in [3.8, 4) is 16.9 Å². The molecule has 2 aromatic rings. The van der Waals surface area contributed by atoms with Crippen molar-refractivity contribution in [3.63, 3.8) is 0 Å². The Bertz CT molecular complexity index is 1540. The summed E-state index contributed by atoms with van der Waals surface area (Å²) in [5.74, 6) is 0.0656. The van der Waals surface area contributed by atoms with Crippen molar-refractivity contribution in [2.24, 2.45) is 29.1 Å². The number of methoxy groups -OCH3 is 2. The van der Waals surface area contributed by atoms with Gasteiger partial charge in [-0.15, -0.1) is 0 Å². The van der Waals surface area contributed by atoms with Crippen molar-refractivity contribution in [2.45, 2.75) is 71.4 Å². The number of fused-ring (bicyclic) bond motifs is 2. The highest BCUT2D eigenvalue weighted by Gasteiger charge is 2.57. The van der Waals surface area contributed by atoms with Gasteiger partial charge in [0, 0.05) is 48.4 Å². The lowest BCUT2D eigenvalue weighted by molar-refractivity contribution is -0.183. The fraction of sp³-hybridized carbons (Fsp3) is 0.595. The number of nitrogens with one attached hydrogen (secondary N) is 2. The summed E-state index contributed by atoms with van der Waals surface area (Å²) in [4.78, 5) is 47.0. The monoisotopic (exact) mass is 680 g/mol. The lowest BCUT2D eigenvalue weighted by Crippen LogP contribution is -2.62. The van der Waals surface area contributed by atoms with E-state index in [1.165, 1.54) is 13.5 Å². The number of para-hydroxylation sites is 1. The van der Waals surface area contributed by atoms with E-state index in [1.807, 2.05) is 43.3 Å². The van der Waals surface area contributed by atoms with Gasteiger partial charge in [-0.2, -0.15) is 5.06 Å². The number of esters is 1. The van der Waals surface area contributed by atoms with Gasteiger partial charge in [0.15, 0.2) is 0 Å². The number of aliphatic hydroxyl groups is 2. The van der Waals surface area contributed by atoms with Gasteiger partial charge in [-0.05, 0) is 66.7 Å². The second-order valence-electron chi connectivity index (χ2n) is 14.7. The Morgan fingerprint density at radius 1 is 1.14 bits per heavy atom. The third kappa shape index (κ3) is 7.15. The molecule has 0 aromatic heterocycles. The number of anilines is 1. The molecule has 0 spiro atoms. The number of nitrogens with zero attached hydrogens (tertiary/aromatic N) is 2. The van der Waals surface area contributed by atoms with Gasteiger partial charge in [-0.1, -0.05) is 39.0 Å². The first-order chi connectivity index (χ1) is 23.2. The summed E-state index contributed by atoms with van der Waals surface area (Å²) in [6.45, 7) is 7.99. The Kier molecular flexibility index (Phi) is 10.9. The first-order valence-corrected chi connectivity index (χ1v) is 17.1. The molecule has 1 aliphatic heterocycles. The van der Waals surface area contributed by atoms with E-state index in [0.29, 0.717) is 45.8 Å². The molecule has 49 heavy (non-hydrogen) atoms. The lowest BCUT2D eigenvalue weighted by Gasteiger charge is -2.62. The van der Waals surface area contributed by atoms with Crippen LogP contribution in [0.25, 0.3) is 11.1 Å². The molecule has 2 aromatic carbocycles. The van der Waals surface area contributed by atoms with Crippen LogP contribution >= 0.6 is 0 Å². The molecule has 8 atom stereocenters. The maximum atomic E-state index is 14.2. The molecule has 0 unspecified atom stereocenters. The van der Waals surface area contributed by atoms with Crippen LogP contribution in [0.15, 0.2) is 36.4 Å². The van der Waals surface area contributed by atoms with Crippen LogP contribution in [0.2, 0.25) is 0 Å². The molecular weight excluding hydrogens is 628 g/mol. The van der Waals surface area contributed by atoms with Crippen molar-refractivity contribution < 1.29 is 38.9 Å². The Labute approximate surface area is 289 Å². The highest BCUT2D eigenvalue weighted by molar-refractivity contribution is 5.98. The third-order valence-electron chi connectivity index (χ3n) is 11.3. The zero-order valence-corrected chi connectivity index (χ0v) is 29.9. The Morgan fingerprint density at radius 2 is 1.88 bits per heavy atom. The molecule has 4 aliphatic rings. The quantitative estimate of drug-likeness (QED) is 0.247. The molecule has 2 bridgehead atoms. The van der Waals surface area contributed by atoms with E-state index < -0.39 is 36.0 Å². The van der Waals surface area contributed by atoms with Crippen molar-refractivity contribution in [3.05, 3.63) is 47.5 Å². The van der Waals surface area contributed by atoms with Crippen molar-refractivity contribution >= 4 is 23.5 Å². The summed E-state index contributed by atoms with van der Waals surface area (Å²) < 4.78 is 10.6. The van der Waals surface area contributed by atoms with Crippen LogP contribution in [-0.4, -0.2) is 98.8 Å². The summed E-state index contributed by atoms with van der Waals surface area (Å²) in [7, 11) is 6.55. The number of hydroxylamine groups is 2. The van der Waals surface area contributed by atoms with Gasteiger partial charge in [-0.3, -0.25) is 19.2 Å². The molecule has 1 saturated heterocycles. The minimum absolute atomic E-state index is 0.0230. The van der Waals surface area contributed by atoms with Gasteiger partial charge in [0.05, 0.1) is 33.5 Å². The summed E-state index contributed by atoms with van der Waals surface area (Å²) in [6.07, 6.45) is 0.413. The second-order valence-corrected chi connectivity index (χ2v) is 14.7. The number of ether oxygens (including phenoxy) is 2. The van der Waals surface area contributed by atoms with Gasteiger partial charge in [0.25, 0.3) is 5.91 Å². The summed E-state index contributed by atoms with van der Waals surface area (Å²) >= 11 is 0. The van der Waals surface area contributed by atoms with E-state index >= 15 is 0 Å². The number of rotatable bonds is 12. The third-order valence-corrected chi connectivity index (χ3v) is 11.3. The van der Waals surface area contributed by atoms with Crippen molar-refractivity contribution in [1.29, 1.82) is 0 Å². The van der Waals surface area contributed by atoms with Gasteiger partial charge in [-0.25, -0.2) is 0 Å². The lowest BCUT2D eigenvalue weighted by atomic mass is 9.45. The SMILES string of the molecule is COC(=O)CNC(=O)c1cc(-c2cccc(CN3O[C@@H](CO)[C@@H]([C@H](C)O)[C@H]3C(=O)N[C@H]3C[C@H]4C[C@@H]([C@@H]3C)C4(C)C)c2OC)cc(N(C)C)c1. The Morgan fingerprint density at radius 3 is 2.47 bits per heavy atom. The van der Waals surface area contributed by atoms with Gasteiger partial charge in [0.2, 0.25) is 5.91 Å². The van der Waals surface area contributed by atoms with E-state index in [0.717, 1.165) is 12.1 Å². The highest BCUT2D eigenvalue weighted by atomic mass is 16.7. The number of hydrogen-bond donors (Lipinski definition) is 4. The smallest absolute Gasteiger partial charge is 0.325 e. The van der Waals surface area contributed by atoms with Gasteiger partial charge < -0.3 is 35.2 Å². The minimum Gasteiger partial charge on any atom is -0.496 e. The fourth-order valence-corrected chi connectivity index (χ4v) is 8.31. The van der Waals surface area contributed by atoms with E-state index in [1.54, 1.807) is 31.2 Å². The molecule has 1 heterocycles. The summed E-state index contributed by atoms with van der Waals surface area (Å²) in [6, 6.07) is 10.2. The zero-order valence-electron chi connectivity index (χ0n) is 29.9. The summed E-state index contributed by atoms with van der Waals surface area (Å²) in [5.41, 5.74) is 3.50. The predicted octanol–water partition coefficient (Wildman–Crippen LogP) is 2.99. The molecule has 12 nitrogen and oxygen atoms in total. The summed E-state index contributed by atoms with van der Waals surface area (Å²) in [5, 5.41) is 28.6. The van der Waals surface area contributed by atoms with Gasteiger partial charge in [0.1, 0.15) is 24.4 Å². The van der Waals surface area contributed by atoms with Crippen LogP contribution in [0.1, 0.15) is 56.5 Å². The first-order valence-electron chi connectivity index (χ1n) is 17.1. The van der Waals surface area contributed by atoms with E-state index in [9.17, 15) is 24.6 Å². The molecule has 268 valence electrons. The molecule has 0 radical (unpaired) electrons. The second kappa shape index (κ2) is 14.6. The molecule has 12 heteroatoms. The fourth-order valence-electron chi connectivity index (χ4n) is 8.31. The predicted molar refractivity (Wildman–Crippen MR) is 185 cm³/mol. The van der Waals surface area contributed by atoms with Crippen LogP contribution in [0.4, 0.5) is 5.69 Å². The molecule has 3 aliphatic carbocycles. The number of hydrogen-bond acceptors (Lipinski definition) is 10. The van der Waals surface area contributed by atoms with Crippen molar-refractivity contribution in [1.82, 2.24) is 15.7 Å². The first kappa shape index (κ1) is 36.6. The zero-order chi connectivity index (χ0) is 35.8. The topological polar surface area (TPSA) is 150 Å². The Hall–Kier alpha value is -3.71. The number of benzene rings is 2. The van der Waals surface area contributed by atoms with Crippen LogP contribution in [0.3, 0.4) is 0 Å². The van der Waals surface area contributed by atoms with Crippen LogP contribution in [-0.2, 0) is 25.7 Å². The molecule has 3 saturated carbocycles. The van der Waals surface area contributed by atoms with Crippen LogP contribution in [0.5, 0.6) is 5.75 Å². The van der Waals surface area contributed by atoms with E-state index in [-0.39, 0.29) is 37.1 Å². The standard InChI is InChI=1S/C37H52N4O8/c1-20-28-15-25(37(28,3)4)16-29(20)39-36(46)33-32(21(2)43)30(19-42)49-41(33)18-22-10-9-11-27(34(22)48-8)23-12-24(14-26(13-23)40(5)6)35(45)38-17-31(44)47-7/h9-14,20-21,25,28-30,32-33,42-43H,15-19H2,1-8H3,(H,38,45)(H,39,46)/t20-,21-,25+,28-,29-,30-,32+,33-/m0/s1. The van der Waals surface area contributed by atoms with Crippen molar-refractivity contribution in [2.75, 3.05) is 46.4 Å². The molecule has 4 fully saturated rings. The number of carbonyl (C=O) groups excluding carboxylic acids is 3. The van der Waals surface area contributed by atoms with E-state index in [4.69, 9.17) is 9.57 Å². The van der Waals surface area contributed by atoms with Gasteiger partial charge >= 0.3 is 5.97 Å². The van der Waals surface area contributed by atoms with Crippen LogP contribution < -0.4 is 20.3 Å². The minimum atomic E-state index is -0.917. The van der Waals surface area contributed by atoms with Crippen LogP contribution in [0, 0.1) is 29.1 Å². The normalized spacial score (nSPS) is 27.8. The Balaban J connectivity index is 1.45. The maximum Gasteiger partial charge on any atom is 0.325 e. The average Bonchev–Trinajstić information content (AvgIpc) is 3.45. The molecule has 4 N–H and O–H groups in total. The number of amides is 2. The number of aliphatic hydroxyl groups excluding tert-OH is 2. The molecule has 2 amide bonds. The van der Waals surface area contributed by atoms with E-state index in [2.05, 4.69) is 36.1 Å². The molecule has 6 rings (SSSR count). The highest BCUT2D eigenvalue weighted by Crippen LogP contribution is 2.61. The maximum absolute atomic E-state index is 14.2. The molecular formula is C37H52N4O8. The largest absolute Gasteiger partial charge is 0.496 e.